The topological polar surface area (TPSA) is 75.7 Å². The summed E-state index contributed by atoms with van der Waals surface area (Å²) in [6, 6.07) is 10.3. The standard InChI is InChI=1S/C19H24N2O4S/c1-13-6-7-16(10-14(13)2)20-19(22)12-25-18-9-8-17(11-15(18)3)26(23,24)21(4)5/h6-11H,12H2,1-5H3,(H,20,22). The van der Waals surface area contributed by atoms with Gasteiger partial charge in [-0.2, -0.15) is 0 Å². The van der Waals surface area contributed by atoms with E-state index in [2.05, 4.69) is 5.32 Å². The Labute approximate surface area is 154 Å². The minimum Gasteiger partial charge on any atom is -0.483 e. The molecule has 0 heterocycles. The summed E-state index contributed by atoms with van der Waals surface area (Å²) in [4.78, 5) is 12.3. The van der Waals surface area contributed by atoms with Gasteiger partial charge in [0.2, 0.25) is 10.0 Å². The second-order valence-electron chi connectivity index (χ2n) is 6.35. The molecular weight excluding hydrogens is 352 g/mol. The molecule has 0 spiro atoms. The van der Waals surface area contributed by atoms with Crippen molar-refractivity contribution >= 4 is 21.6 Å². The summed E-state index contributed by atoms with van der Waals surface area (Å²) >= 11 is 0. The van der Waals surface area contributed by atoms with E-state index in [0.29, 0.717) is 17.0 Å². The number of rotatable bonds is 6. The van der Waals surface area contributed by atoms with E-state index in [0.717, 1.165) is 15.4 Å². The van der Waals surface area contributed by atoms with Crippen LogP contribution in [0.15, 0.2) is 41.3 Å². The quantitative estimate of drug-likeness (QED) is 0.841. The van der Waals surface area contributed by atoms with Gasteiger partial charge in [0.15, 0.2) is 6.61 Å². The Balaban J connectivity index is 2.03. The summed E-state index contributed by atoms with van der Waals surface area (Å²) in [5.41, 5.74) is 3.61. The van der Waals surface area contributed by atoms with Crippen molar-refractivity contribution < 1.29 is 17.9 Å². The van der Waals surface area contributed by atoms with Gasteiger partial charge in [0.1, 0.15) is 5.75 Å². The molecule has 0 aliphatic heterocycles. The number of sulfonamides is 1. The van der Waals surface area contributed by atoms with Crippen molar-refractivity contribution in [2.45, 2.75) is 25.7 Å². The van der Waals surface area contributed by atoms with Crippen molar-refractivity contribution in [1.82, 2.24) is 4.31 Å². The number of carbonyl (C=O) groups is 1. The SMILES string of the molecule is Cc1ccc(NC(=O)COc2ccc(S(=O)(=O)N(C)C)cc2C)cc1C. The van der Waals surface area contributed by atoms with Crippen LogP contribution >= 0.6 is 0 Å². The molecule has 140 valence electrons. The van der Waals surface area contributed by atoms with Crippen LogP contribution in [-0.2, 0) is 14.8 Å². The van der Waals surface area contributed by atoms with Gasteiger partial charge in [-0.15, -0.1) is 0 Å². The number of anilines is 1. The van der Waals surface area contributed by atoms with Gasteiger partial charge in [0.25, 0.3) is 5.91 Å². The van der Waals surface area contributed by atoms with E-state index in [-0.39, 0.29) is 17.4 Å². The molecule has 1 N–H and O–H groups in total. The first-order chi connectivity index (χ1) is 12.1. The monoisotopic (exact) mass is 376 g/mol. The first-order valence-electron chi connectivity index (χ1n) is 8.14. The fourth-order valence-corrected chi connectivity index (χ4v) is 3.30. The summed E-state index contributed by atoms with van der Waals surface area (Å²) in [7, 11) is -0.541. The minimum absolute atomic E-state index is 0.159. The van der Waals surface area contributed by atoms with Gasteiger partial charge in [0.05, 0.1) is 4.90 Å². The summed E-state index contributed by atoms with van der Waals surface area (Å²) in [5.74, 6) is 0.190. The zero-order chi connectivity index (χ0) is 19.5. The van der Waals surface area contributed by atoms with Crippen molar-refractivity contribution in [3.05, 3.63) is 53.1 Å². The molecule has 0 radical (unpaired) electrons. The van der Waals surface area contributed by atoms with Crippen molar-refractivity contribution in [3.8, 4) is 5.75 Å². The molecule has 7 heteroatoms. The highest BCUT2D eigenvalue weighted by molar-refractivity contribution is 7.89. The molecule has 0 fully saturated rings. The summed E-state index contributed by atoms with van der Waals surface area (Å²) in [6.07, 6.45) is 0. The highest BCUT2D eigenvalue weighted by Gasteiger charge is 2.18. The number of aryl methyl sites for hydroxylation is 3. The normalized spacial score (nSPS) is 11.5. The summed E-state index contributed by atoms with van der Waals surface area (Å²) in [5, 5.41) is 2.78. The lowest BCUT2D eigenvalue weighted by molar-refractivity contribution is -0.118. The van der Waals surface area contributed by atoms with Crippen molar-refractivity contribution in [1.29, 1.82) is 0 Å². The predicted octanol–water partition coefficient (Wildman–Crippen LogP) is 2.88. The number of hydrogen-bond donors (Lipinski definition) is 1. The van der Waals surface area contributed by atoms with Gasteiger partial charge in [-0.3, -0.25) is 4.79 Å². The van der Waals surface area contributed by atoms with E-state index < -0.39 is 10.0 Å². The number of nitrogens with zero attached hydrogens (tertiary/aromatic N) is 1. The Kier molecular flexibility index (Phi) is 6.05. The highest BCUT2D eigenvalue weighted by atomic mass is 32.2. The van der Waals surface area contributed by atoms with Gasteiger partial charge in [-0.05, 0) is 67.8 Å². The molecule has 0 aliphatic rings. The molecule has 2 rings (SSSR count). The number of amides is 1. The Morgan fingerprint density at radius 1 is 1.00 bits per heavy atom. The zero-order valence-corrected chi connectivity index (χ0v) is 16.5. The van der Waals surface area contributed by atoms with Crippen LogP contribution in [0.5, 0.6) is 5.75 Å². The van der Waals surface area contributed by atoms with Crippen molar-refractivity contribution in [2.24, 2.45) is 0 Å². The van der Waals surface area contributed by atoms with Crippen LogP contribution in [0.4, 0.5) is 5.69 Å². The van der Waals surface area contributed by atoms with E-state index >= 15 is 0 Å². The van der Waals surface area contributed by atoms with Crippen LogP contribution in [0.2, 0.25) is 0 Å². The van der Waals surface area contributed by atoms with Gasteiger partial charge in [-0.1, -0.05) is 6.07 Å². The van der Waals surface area contributed by atoms with Crippen molar-refractivity contribution in [3.63, 3.8) is 0 Å². The minimum atomic E-state index is -3.50. The molecular formula is C19H24N2O4S. The van der Waals surface area contributed by atoms with Crippen LogP contribution in [0.3, 0.4) is 0 Å². The lowest BCUT2D eigenvalue weighted by Gasteiger charge is -2.14. The van der Waals surface area contributed by atoms with Gasteiger partial charge < -0.3 is 10.1 Å². The lowest BCUT2D eigenvalue weighted by atomic mass is 10.1. The Morgan fingerprint density at radius 2 is 1.69 bits per heavy atom. The second-order valence-corrected chi connectivity index (χ2v) is 8.50. The van der Waals surface area contributed by atoms with Crippen LogP contribution in [0.25, 0.3) is 0 Å². The average molecular weight is 376 g/mol. The summed E-state index contributed by atoms with van der Waals surface area (Å²) in [6.45, 7) is 5.57. The number of benzene rings is 2. The third kappa shape index (κ3) is 4.62. The molecule has 0 aromatic heterocycles. The molecule has 0 unspecified atom stereocenters. The maximum absolute atomic E-state index is 12.1. The first-order valence-corrected chi connectivity index (χ1v) is 9.58. The first kappa shape index (κ1) is 19.9. The smallest absolute Gasteiger partial charge is 0.262 e. The molecule has 6 nitrogen and oxygen atoms in total. The van der Waals surface area contributed by atoms with E-state index in [1.54, 1.807) is 13.0 Å². The maximum atomic E-state index is 12.1. The molecule has 2 aromatic carbocycles. The van der Waals surface area contributed by atoms with E-state index in [9.17, 15) is 13.2 Å². The van der Waals surface area contributed by atoms with Gasteiger partial charge >= 0.3 is 0 Å². The van der Waals surface area contributed by atoms with Crippen LogP contribution in [-0.4, -0.2) is 39.3 Å². The maximum Gasteiger partial charge on any atom is 0.262 e. The van der Waals surface area contributed by atoms with Crippen LogP contribution in [0, 0.1) is 20.8 Å². The molecule has 0 saturated heterocycles. The molecule has 2 aromatic rings. The van der Waals surface area contributed by atoms with Crippen LogP contribution < -0.4 is 10.1 Å². The Hall–Kier alpha value is -2.38. The molecule has 0 saturated carbocycles. The number of carbonyl (C=O) groups excluding carboxylic acids is 1. The zero-order valence-electron chi connectivity index (χ0n) is 15.7. The molecule has 1 amide bonds. The lowest BCUT2D eigenvalue weighted by Crippen LogP contribution is -2.22. The van der Waals surface area contributed by atoms with Crippen LogP contribution in [0.1, 0.15) is 16.7 Å². The Bertz CT molecular complexity index is 921. The molecule has 26 heavy (non-hydrogen) atoms. The van der Waals surface area contributed by atoms with E-state index in [1.807, 2.05) is 32.0 Å². The highest BCUT2D eigenvalue weighted by Crippen LogP contribution is 2.23. The van der Waals surface area contributed by atoms with Gasteiger partial charge in [0, 0.05) is 19.8 Å². The van der Waals surface area contributed by atoms with Gasteiger partial charge in [-0.25, -0.2) is 12.7 Å². The van der Waals surface area contributed by atoms with Crippen molar-refractivity contribution in [2.75, 3.05) is 26.0 Å². The molecule has 0 atom stereocenters. The number of ether oxygens (including phenoxy) is 1. The second kappa shape index (κ2) is 7.88. The molecule has 0 aliphatic carbocycles. The fourth-order valence-electron chi connectivity index (χ4n) is 2.31. The molecule has 0 bridgehead atoms. The van der Waals surface area contributed by atoms with E-state index in [4.69, 9.17) is 4.74 Å². The fraction of sp³-hybridized carbons (Fsp3) is 0.316. The largest absolute Gasteiger partial charge is 0.483 e. The number of nitrogens with one attached hydrogen (secondary N) is 1. The van der Waals surface area contributed by atoms with E-state index in [1.165, 1.54) is 26.2 Å². The average Bonchev–Trinajstić information content (AvgIpc) is 2.56. The predicted molar refractivity (Wildman–Crippen MR) is 102 cm³/mol. The Morgan fingerprint density at radius 3 is 2.27 bits per heavy atom. The third-order valence-electron chi connectivity index (χ3n) is 4.07. The third-order valence-corrected chi connectivity index (χ3v) is 5.89. The summed E-state index contributed by atoms with van der Waals surface area (Å²) < 4.78 is 31.0. The number of hydrogen-bond acceptors (Lipinski definition) is 4.